The second kappa shape index (κ2) is 6.35. The number of nitrogens with two attached hydrogens (primary N) is 1. The Balaban J connectivity index is 1.98. The second-order valence-corrected chi connectivity index (χ2v) is 5.64. The zero-order valence-electron chi connectivity index (χ0n) is 11.5. The van der Waals surface area contributed by atoms with Crippen molar-refractivity contribution in [3.63, 3.8) is 0 Å². The first kappa shape index (κ1) is 13.6. The monoisotopic (exact) mass is 247 g/mol. The van der Waals surface area contributed by atoms with E-state index < -0.39 is 0 Å². The van der Waals surface area contributed by atoms with Crippen LogP contribution < -0.4 is 5.73 Å². The largest absolute Gasteiger partial charge is 0.370 e. The maximum atomic E-state index is 6.27. The third kappa shape index (κ3) is 3.33. The Hall–Kier alpha value is -0.860. The van der Waals surface area contributed by atoms with E-state index in [2.05, 4.69) is 38.1 Å². The number of rotatable bonds is 4. The molecule has 18 heavy (non-hydrogen) atoms. The molecule has 0 saturated heterocycles. The lowest BCUT2D eigenvalue weighted by atomic mass is 9.80. The van der Waals surface area contributed by atoms with Crippen molar-refractivity contribution in [3.05, 3.63) is 35.9 Å². The van der Waals surface area contributed by atoms with Gasteiger partial charge < -0.3 is 10.5 Å². The summed E-state index contributed by atoms with van der Waals surface area (Å²) in [5, 5.41) is 0. The number of ether oxygens (including phenoxy) is 1. The molecule has 2 heteroatoms. The van der Waals surface area contributed by atoms with E-state index in [0.717, 1.165) is 18.9 Å². The second-order valence-electron chi connectivity index (χ2n) is 5.64. The molecule has 0 bridgehead atoms. The summed E-state index contributed by atoms with van der Waals surface area (Å²) in [5.41, 5.74) is 7.13. The van der Waals surface area contributed by atoms with E-state index in [-0.39, 0.29) is 6.10 Å². The fourth-order valence-corrected chi connectivity index (χ4v) is 2.89. The average molecular weight is 247 g/mol. The van der Waals surface area contributed by atoms with Crippen LogP contribution in [-0.4, -0.2) is 12.6 Å². The van der Waals surface area contributed by atoms with Crippen molar-refractivity contribution in [1.29, 1.82) is 0 Å². The molecule has 0 aliphatic heterocycles. The van der Waals surface area contributed by atoms with Crippen molar-refractivity contribution in [1.82, 2.24) is 0 Å². The smallest absolute Gasteiger partial charge is 0.0800 e. The van der Waals surface area contributed by atoms with Gasteiger partial charge in [-0.25, -0.2) is 0 Å². The van der Waals surface area contributed by atoms with E-state index in [4.69, 9.17) is 10.5 Å². The molecule has 0 spiro atoms. The summed E-state index contributed by atoms with van der Waals surface area (Å²) in [7, 11) is 0. The molecule has 4 atom stereocenters. The van der Waals surface area contributed by atoms with Gasteiger partial charge in [-0.05, 0) is 43.7 Å². The fourth-order valence-electron chi connectivity index (χ4n) is 2.89. The number of hydrogen-bond acceptors (Lipinski definition) is 2. The van der Waals surface area contributed by atoms with Crippen LogP contribution in [0, 0.1) is 11.8 Å². The quantitative estimate of drug-likeness (QED) is 0.883. The van der Waals surface area contributed by atoms with Crippen LogP contribution >= 0.6 is 0 Å². The van der Waals surface area contributed by atoms with Gasteiger partial charge in [0.05, 0.1) is 12.2 Å². The molecule has 2 nitrogen and oxygen atoms in total. The lowest BCUT2D eigenvalue weighted by Gasteiger charge is -2.36. The van der Waals surface area contributed by atoms with Crippen LogP contribution in [0.15, 0.2) is 30.3 Å². The molecule has 1 fully saturated rings. The van der Waals surface area contributed by atoms with Crippen molar-refractivity contribution < 1.29 is 4.74 Å². The molecule has 1 aliphatic carbocycles. The molecule has 1 aromatic carbocycles. The summed E-state index contributed by atoms with van der Waals surface area (Å²) in [4.78, 5) is 0. The summed E-state index contributed by atoms with van der Waals surface area (Å²) in [6, 6.07) is 10.4. The highest BCUT2D eigenvalue weighted by Crippen LogP contribution is 2.33. The zero-order valence-corrected chi connectivity index (χ0v) is 11.5. The van der Waals surface area contributed by atoms with E-state index in [1.807, 2.05) is 6.07 Å². The Morgan fingerprint density at radius 2 is 2.00 bits per heavy atom. The Bertz CT molecular complexity index is 351. The highest BCUT2D eigenvalue weighted by atomic mass is 16.5. The van der Waals surface area contributed by atoms with E-state index in [9.17, 15) is 0 Å². The molecule has 0 heterocycles. The Morgan fingerprint density at radius 1 is 1.28 bits per heavy atom. The van der Waals surface area contributed by atoms with Gasteiger partial charge in [-0.3, -0.25) is 0 Å². The predicted molar refractivity (Wildman–Crippen MR) is 75.3 cm³/mol. The molecule has 0 amide bonds. The van der Waals surface area contributed by atoms with Crippen LogP contribution in [0.1, 0.15) is 44.8 Å². The number of hydrogen-bond donors (Lipinski definition) is 1. The van der Waals surface area contributed by atoms with Gasteiger partial charge in [-0.2, -0.15) is 0 Å². The Labute approximate surface area is 111 Å². The molecule has 2 rings (SSSR count). The molecule has 1 saturated carbocycles. The minimum absolute atomic E-state index is 0.163. The van der Waals surface area contributed by atoms with Gasteiger partial charge in [0.1, 0.15) is 0 Å². The zero-order chi connectivity index (χ0) is 13.0. The summed E-state index contributed by atoms with van der Waals surface area (Å²) >= 11 is 0. The topological polar surface area (TPSA) is 35.2 Å². The van der Waals surface area contributed by atoms with E-state index in [1.165, 1.54) is 18.4 Å². The van der Waals surface area contributed by atoms with Crippen LogP contribution in [0.25, 0.3) is 0 Å². The summed E-state index contributed by atoms with van der Waals surface area (Å²) in [6.45, 7) is 5.21. The van der Waals surface area contributed by atoms with Crippen LogP contribution in [-0.2, 0) is 4.74 Å². The van der Waals surface area contributed by atoms with Crippen molar-refractivity contribution >= 4 is 0 Å². The Morgan fingerprint density at radius 3 is 2.67 bits per heavy atom. The first-order valence-electron chi connectivity index (χ1n) is 7.11. The third-order valence-electron chi connectivity index (χ3n) is 4.14. The van der Waals surface area contributed by atoms with Crippen LogP contribution in [0.3, 0.4) is 0 Å². The van der Waals surface area contributed by atoms with Gasteiger partial charge >= 0.3 is 0 Å². The highest BCUT2D eigenvalue weighted by molar-refractivity contribution is 5.16. The lowest BCUT2D eigenvalue weighted by Crippen LogP contribution is -2.36. The predicted octanol–water partition coefficient (Wildman–Crippen LogP) is 3.53. The third-order valence-corrected chi connectivity index (χ3v) is 4.14. The summed E-state index contributed by atoms with van der Waals surface area (Å²) in [5.74, 6) is 1.30. The van der Waals surface area contributed by atoms with E-state index in [1.54, 1.807) is 0 Å². The molecule has 1 aromatic rings. The average Bonchev–Trinajstić information content (AvgIpc) is 2.40. The fraction of sp³-hybridized carbons (Fsp3) is 0.625. The van der Waals surface area contributed by atoms with Gasteiger partial charge in [-0.1, -0.05) is 43.7 Å². The summed E-state index contributed by atoms with van der Waals surface area (Å²) < 4.78 is 6.27. The van der Waals surface area contributed by atoms with E-state index in [0.29, 0.717) is 12.0 Å². The molecular formula is C16H25NO. The molecule has 1 aliphatic rings. The first-order valence-corrected chi connectivity index (χ1v) is 7.11. The molecular weight excluding hydrogens is 222 g/mol. The maximum absolute atomic E-state index is 6.27. The van der Waals surface area contributed by atoms with Gasteiger partial charge in [0.15, 0.2) is 0 Å². The highest BCUT2D eigenvalue weighted by Gasteiger charge is 2.29. The van der Waals surface area contributed by atoms with Crippen molar-refractivity contribution in [2.75, 3.05) is 6.54 Å². The maximum Gasteiger partial charge on any atom is 0.0800 e. The molecule has 100 valence electrons. The first-order chi connectivity index (χ1) is 8.70. The van der Waals surface area contributed by atoms with Crippen LogP contribution in [0.2, 0.25) is 0 Å². The van der Waals surface area contributed by atoms with Gasteiger partial charge in [0.25, 0.3) is 0 Å². The van der Waals surface area contributed by atoms with Crippen molar-refractivity contribution in [2.24, 2.45) is 17.6 Å². The van der Waals surface area contributed by atoms with Gasteiger partial charge in [0.2, 0.25) is 0 Å². The van der Waals surface area contributed by atoms with Crippen LogP contribution in [0.5, 0.6) is 0 Å². The molecule has 2 N–H and O–H groups in total. The minimum atomic E-state index is 0.163. The molecule has 4 unspecified atom stereocenters. The van der Waals surface area contributed by atoms with E-state index >= 15 is 0 Å². The van der Waals surface area contributed by atoms with Gasteiger partial charge in [-0.15, -0.1) is 0 Å². The number of benzene rings is 1. The van der Waals surface area contributed by atoms with Gasteiger partial charge in [0, 0.05) is 0 Å². The molecule has 0 aromatic heterocycles. The SMILES string of the molecule is CC1CCC(CN)C(OC(C)c2ccccc2)C1. The summed E-state index contributed by atoms with van der Waals surface area (Å²) in [6.07, 6.45) is 4.15. The van der Waals surface area contributed by atoms with Crippen molar-refractivity contribution in [2.45, 2.75) is 45.3 Å². The van der Waals surface area contributed by atoms with Crippen molar-refractivity contribution in [3.8, 4) is 0 Å². The van der Waals surface area contributed by atoms with Crippen LogP contribution in [0.4, 0.5) is 0 Å². The lowest BCUT2D eigenvalue weighted by molar-refractivity contribution is -0.0616. The molecule has 0 radical (unpaired) electrons. The Kier molecular flexibility index (Phi) is 4.79. The minimum Gasteiger partial charge on any atom is -0.370 e. The standard InChI is InChI=1S/C16H25NO/c1-12-8-9-15(11-17)16(10-12)18-13(2)14-6-4-3-5-7-14/h3-7,12-13,15-16H,8-11,17H2,1-2H3. The normalized spacial score (nSPS) is 30.1.